The predicted molar refractivity (Wildman–Crippen MR) is 54.1 cm³/mol. The zero-order chi connectivity index (χ0) is 12.1. The van der Waals surface area contributed by atoms with Crippen LogP contribution in [-0.2, 0) is 25.2 Å². The number of nitrogens with one attached hydrogen (secondary N) is 1. The minimum atomic E-state index is -0.704. The third kappa shape index (κ3) is 3.39. The molecule has 0 atom stereocenters. The monoisotopic (exact) mass is 260 g/mol. The average Bonchev–Trinajstić information content (AvgIpc) is 2.27. The summed E-state index contributed by atoms with van der Waals surface area (Å²) in [5.41, 5.74) is 0.0417. The van der Waals surface area contributed by atoms with E-state index >= 15 is 0 Å². The first kappa shape index (κ1) is 13.3. The van der Waals surface area contributed by atoms with Gasteiger partial charge in [0.2, 0.25) is 0 Å². The SMILES string of the molecule is CCCCC(=O)Nc1ccc(F)[c]([Ti])c1F. The van der Waals surface area contributed by atoms with Crippen LogP contribution in [0.25, 0.3) is 0 Å². The molecule has 1 aromatic rings. The molecule has 0 bridgehead atoms. The van der Waals surface area contributed by atoms with Gasteiger partial charge in [-0.2, -0.15) is 0 Å². The van der Waals surface area contributed by atoms with E-state index in [0.717, 1.165) is 18.9 Å². The van der Waals surface area contributed by atoms with Crippen LogP contribution >= 0.6 is 0 Å². The molecule has 1 N–H and O–H groups in total. The number of carbonyl (C=O) groups is 1. The Balaban J connectivity index is 2.74. The van der Waals surface area contributed by atoms with Crippen molar-refractivity contribution in [1.82, 2.24) is 0 Å². The van der Waals surface area contributed by atoms with Gasteiger partial charge < -0.3 is 0 Å². The van der Waals surface area contributed by atoms with Gasteiger partial charge in [-0.1, -0.05) is 0 Å². The summed E-state index contributed by atoms with van der Waals surface area (Å²) in [5.74, 6) is -1.55. The van der Waals surface area contributed by atoms with Gasteiger partial charge in [0, 0.05) is 0 Å². The summed E-state index contributed by atoms with van der Waals surface area (Å²) in [7, 11) is 0. The number of rotatable bonds is 4. The molecule has 0 saturated heterocycles. The summed E-state index contributed by atoms with van der Waals surface area (Å²) in [6, 6.07) is 2.38. The molecule has 0 aliphatic heterocycles. The summed E-state index contributed by atoms with van der Waals surface area (Å²) in [4.78, 5) is 11.3. The van der Waals surface area contributed by atoms with Crippen LogP contribution in [0.4, 0.5) is 14.5 Å². The van der Waals surface area contributed by atoms with Crippen molar-refractivity contribution in [2.24, 2.45) is 0 Å². The van der Waals surface area contributed by atoms with Gasteiger partial charge in [-0.3, -0.25) is 0 Å². The van der Waals surface area contributed by atoms with E-state index in [0.29, 0.717) is 6.42 Å². The molecule has 0 aliphatic carbocycles. The van der Waals surface area contributed by atoms with E-state index in [9.17, 15) is 13.6 Å². The van der Waals surface area contributed by atoms with E-state index in [1.807, 2.05) is 6.92 Å². The van der Waals surface area contributed by atoms with Crippen LogP contribution in [-0.4, -0.2) is 5.91 Å². The van der Waals surface area contributed by atoms with E-state index in [1.165, 1.54) is 26.5 Å². The van der Waals surface area contributed by atoms with Gasteiger partial charge in [0.1, 0.15) is 0 Å². The fourth-order valence-electron chi connectivity index (χ4n) is 1.20. The molecule has 2 nitrogen and oxygen atoms in total. The van der Waals surface area contributed by atoms with Gasteiger partial charge in [-0.25, -0.2) is 0 Å². The number of hydrogen-bond donors (Lipinski definition) is 1. The van der Waals surface area contributed by atoms with Crippen molar-refractivity contribution in [2.45, 2.75) is 26.2 Å². The summed E-state index contributed by atoms with van der Waals surface area (Å²) >= 11 is 1.34. The Morgan fingerprint density at radius 3 is 2.75 bits per heavy atom. The summed E-state index contributed by atoms with van der Waals surface area (Å²) < 4.78 is 26.4. The van der Waals surface area contributed by atoms with Gasteiger partial charge in [-0.15, -0.1) is 0 Å². The van der Waals surface area contributed by atoms with Gasteiger partial charge in [0.25, 0.3) is 0 Å². The van der Waals surface area contributed by atoms with Gasteiger partial charge in [0.05, 0.1) is 0 Å². The Kier molecular flexibility index (Phi) is 5.09. The number of amides is 1. The van der Waals surface area contributed by atoms with Crippen LogP contribution < -0.4 is 9.18 Å². The first-order chi connectivity index (χ1) is 7.56. The molecule has 0 spiro atoms. The van der Waals surface area contributed by atoms with Crippen molar-refractivity contribution >= 4 is 15.5 Å². The maximum atomic E-state index is 13.5. The number of carbonyl (C=O) groups excluding carboxylic acids is 1. The molecular formula is C11H12F2NOTi. The Labute approximate surface area is 105 Å². The number of unbranched alkanes of at least 4 members (excludes halogenated alkanes) is 1. The number of benzene rings is 1. The second-order valence-electron chi connectivity index (χ2n) is 3.44. The average molecular weight is 260 g/mol. The molecule has 0 radical (unpaired) electrons. The molecule has 0 aromatic heterocycles. The molecular weight excluding hydrogens is 248 g/mol. The zero-order valence-corrected chi connectivity index (χ0v) is 10.5. The maximum absolute atomic E-state index is 13.5. The first-order valence-electron chi connectivity index (χ1n) is 5.05. The first-order valence-corrected chi connectivity index (χ1v) is 5.83. The van der Waals surface area contributed by atoms with E-state index < -0.39 is 11.6 Å². The zero-order valence-electron chi connectivity index (χ0n) is 8.94. The van der Waals surface area contributed by atoms with Gasteiger partial charge in [0.15, 0.2) is 0 Å². The van der Waals surface area contributed by atoms with Gasteiger partial charge in [-0.05, 0) is 0 Å². The Morgan fingerprint density at radius 2 is 2.12 bits per heavy atom. The number of halogens is 2. The van der Waals surface area contributed by atoms with Crippen LogP contribution in [0.1, 0.15) is 26.2 Å². The quantitative estimate of drug-likeness (QED) is 0.826. The molecule has 0 heterocycles. The molecule has 1 amide bonds. The fourth-order valence-corrected chi connectivity index (χ4v) is 1.54. The van der Waals surface area contributed by atoms with Crippen LogP contribution in [0.3, 0.4) is 0 Å². The Morgan fingerprint density at radius 1 is 1.44 bits per heavy atom. The van der Waals surface area contributed by atoms with Crippen molar-refractivity contribution in [1.29, 1.82) is 0 Å². The van der Waals surface area contributed by atoms with Crippen molar-refractivity contribution in [2.75, 3.05) is 5.32 Å². The fraction of sp³-hybridized carbons (Fsp3) is 0.364. The van der Waals surface area contributed by atoms with Crippen molar-refractivity contribution in [3.63, 3.8) is 0 Å². The Hall–Kier alpha value is -0.736. The normalized spacial score (nSPS) is 10.1. The number of hydrogen-bond acceptors (Lipinski definition) is 1. The number of anilines is 1. The molecule has 1 rings (SSSR count). The molecule has 5 heteroatoms. The Bertz CT molecular complexity index is 396. The second-order valence-corrected chi connectivity index (χ2v) is 4.22. The summed E-state index contributed by atoms with van der Waals surface area (Å²) in [5, 5.41) is 2.43. The third-order valence-electron chi connectivity index (χ3n) is 2.12. The molecule has 0 aliphatic rings. The van der Waals surface area contributed by atoms with Crippen LogP contribution in [0.2, 0.25) is 0 Å². The molecule has 0 unspecified atom stereocenters. The van der Waals surface area contributed by atoms with Crippen molar-refractivity contribution in [3.8, 4) is 0 Å². The third-order valence-corrected chi connectivity index (χ3v) is 2.84. The van der Waals surface area contributed by atoms with E-state index in [-0.39, 0.29) is 15.5 Å². The minimum absolute atomic E-state index is 0.0417. The molecule has 16 heavy (non-hydrogen) atoms. The van der Waals surface area contributed by atoms with Crippen molar-refractivity contribution in [3.05, 3.63) is 23.8 Å². The molecule has 0 fully saturated rings. The summed E-state index contributed by atoms with van der Waals surface area (Å²) in [6.07, 6.45) is 2.01. The predicted octanol–water partition coefficient (Wildman–Crippen LogP) is 2.27. The van der Waals surface area contributed by atoms with E-state index in [4.69, 9.17) is 0 Å². The topological polar surface area (TPSA) is 29.1 Å². The molecule has 1 aromatic carbocycles. The molecule has 85 valence electrons. The van der Waals surface area contributed by atoms with Crippen molar-refractivity contribution < 1.29 is 34.0 Å². The van der Waals surface area contributed by atoms with Gasteiger partial charge >= 0.3 is 105 Å². The van der Waals surface area contributed by atoms with E-state index in [1.54, 1.807) is 0 Å². The van der Waals surface area contributed by atoms with E-state index in [2.05, 4.69) is 5.32 Å². The standard InChI is InChI=1S/C11H12F2NO.Ti/c1-2-3-4-11(15)14-10-6-5-8(12)7-9(10)13;/h5-6H,2-4H2,1H3,(H,14,15);. The van der Waals surface area contributed by atoms with Crippen LogP contribution in [0.15, 0.2) is 12.1 Å². The van der Waals surface area contributed by atoms with Crippen LogP contribution in [0, 0.1) is 11.6 Å². The molecule has 0 saturated carbocycles. The second kappa shape index (κ2) is 6.11. The summed E-state index contributed by atoms with van der Waals surface area (Å²) in [6.45, 7) is 1.97. The van der Waals surface area contributed by atoms with Crippen LogP contribution in [0.5, 0.6) is 0 Å².